The summed E-state index contributed by atoms with van der Waals surface area (Å²) in [5.74, 6) is -1.06. The molecule has 17 heavy (non-hydrogen) atoms. The molecule has 1 rings (SSSR count). The van der Waals surface area contributed by atoms with Gasteiger partial charge in [-0.15, -0.1) is 0 Å². The van der Waals surface area contributed by atoms with E-state index in [0.29, 0.717) is 24.4 Å². The maximum Gasteiger partial charge on any atom is 0.372 e. The Morgan fingerprint density at radius 1 is 1.53 bits per heavy atom. The summed E-state index contributed by atoms with van der Waals surface area (Å²) in [6.07, 6.45) is 0. The fourth-order valence-electron chi connectivity index (χ4n) is 1.56. The van der Waals surface area contributed by atoms with Crippen LogP contribution in [0.1, 0.15) is 28.8 Å². The van der Waals surface area contributed by atoms with Gasteiger partial charge in [0.05, 0.1) is 13.1 Å². The van der Waals surface area contributed by atoms with Gasteiger partial charge < -0.3 is 15.3 Å². The molecule has 0 atom stereocenters. The Hall–Kier alpha value is -1.82. The zero-order valence-corrected chi connectivity index (χ0v) is 9.90. The Labute approximate surface area is 99.0 Å². The van der Waals surface area contributed by atoms with Crippen LogP contribution in [0.4, 0.5) is 0 Å². The number of carboxylic acid groups (broad SMARTS) is 1. The quantitative estimate of drug-likeness (QED) is 0.758. The average Bonchev–Trinajstić information content (AvgIpc) is 2.57. The van der Waals surface area contributed by atoms with Gasteiger partial charge in [-0.25, -0.2) is 4.79 Å². The van der Waals surface area contributed by atoms with Gasteiger partial charge in [0.1, 0.15) is 5.76 Å². The monoisotopic (exact) mass is 240 g/mol. The molecule has 0 aliphatic rings. The third-order valence-corrected chi connectivity index (χ3v) is 2.37. The molecular weight excluding hydrogens is 224 g/mol. The van der Waals surface area contributed by atoms with Crippen molar-refractivity contribution in [2.75, 3.05) is 13.1 Å². The Bertz CT molecular complexity index is 425. The summed E-state index contributed by atoms with van der Waals surface area (Å²) in [4.78, 5) is 23.4. The third kappa shape index (κ3) is 3.60. The first-order valence-corrected chi connectivity index (χ1v) is 5.27. The number of amides is 1. The number of nitrogens with zero attached hydrogens (tertiary/aromatic N) is 1. The minimum atomic E-state index is -1.09. The highest BCUT2D eigenvalue weighted by Gasteiger charge is 2.16. The Kier molecular flexibility index (Phi) is 4.28. The lowest BCUT2D eigenvalue weighted by Gasteiger charge is -2.16. The van der Waals surface area contributed by atoms with Crippen LogP contribution in [0.2, 0.25) is 0 Å². The van der Waals surface area contributed by atoms with Crippen molar-refractivity contribution in [3.05, 3.63) is 23.2 Å². The Morgan fingerprint density at radius 3 is 2.59 bits per heavy atom. The number of hydrogen-bond acceptors (Lipinski definition) is 4. The van der Waals surface area contributed by atoms with E-state index in [0.717, 1.165) is 0 Å². The molecule has 0 aliphatic carbocycles. The predicted octanol–water partition coefficient (Wildman–Crippen LogP) is 0.593. The molecule has 3 N–H and O–H groups in total. The molecule has 0 fully saturated rings. The van der Waals surface area contributed by atoms with Crippen LogP contribution in [0.15, 0.2) is 10.5 Å². The Morgan fingerprint density at radius 2 is 2.18 bits per heavy atom. The summed E-state index contributed by atoms with van der Waals surface area (Å²) in [5.41, 5.74) is 5.67. The highest BCUT2D eigenvalue weighted by atomic mass is 16.4. The second-order valence-corrected chi connectivity index (χ2v) is 3.80. The molecule has 0 aliphatic heterocycles. The van der Waals surface area contributed by atoms with E-state index in [1.54, 1.807) is 17.9 Å². The molecule has 1 aromatic rings. The molecule has 6 nitrogen and oxygen atoms in total. The zero-order valence-electron chi connectivity index (χ0n) is 9.90. The fraction of sp³-hybridized carbons (Fsp3) is 0.455. The van der Waals surface area contributed by atoms with Crippen molar-refractivity contribution in [1.29, 1.82) is 0 Å². The lowest BCUT2D eigenvalue weighted by molar-refractivity contribution is -0.119. The van der Waals surface area contributed by atoms with Crippen LogP contribution in [0, 0.1) is 6.92 Å². The van der Waals surface area contributed by atoms with Crippen LogP contribution in [-0.2, 0) is 11.3 Å². The molecule has 0 saturated carbocycles. The minimum absolute atomic E-state index is 0.0601. The maximum atomic E-state index is 10.8. The molecule has 0 bridgehead atoms. The van der Waals surface area contributed by atoms with Crippen LogP contribution in [0.25, 0.3) is 0 Å². The van der Waals surface area contributed by atoms with Crippen molar-refractivity contribution >= 4 is 11.9 Å². The normalized spacial score (nSPS) is 10.8. The SMILES string of the molecule is CCN(CC(N)=O)Cc1cc(C)c(C(=O)O)o1. The largest absolute Gasteiger partial charge is 0.475 e. The number of carboxylic acids is 1. The van der Waals surface area contributed by atoms with Gasteiger partial charge >= 0.3 is 5.97 Å². The molecule has 0 aromatic carbocycles. The van der Waals surface area contributed by atoms with E-state index in [2.05, 4.69) is 0 Å². The number of aromatic carboxylic acids is 1. The summed E-state index contributed by atoms with van der Waals surface area (Å²) in [7, 11) is 0. The summed E-state index contributed by atoms with van der Waals surface area (Å²) in [6, 6.07) is 1.66. The predicted molar refractivity (Wildman–Crippen MR) is 60.5 cm³/mol. The summed E-state index contributed by atoms with van der Waals surface area (Å²) in [5, 5.41) is 8.83. The van der Waals surface area contributed by atoms with Crippen molar-refractivity contribution in [2.45, 2.75) is 20.4 Å². The topological polar surface area (TPSA) is 96.8 Å². The zero-order chi connectivity index (χ0) is 13.0. The fourth-order valence-corrected chi connectivity index (χ4v) is 1.56. The smallest absolute Gasteiger partial charge is 0.372 e. The number of carbonyl (C=O) groups is 2. The molecule has 1 heterocycles. The van der Waals surface area contributed by atoms with Gasteiger partial charge in [-0.2, -0.15) is 0 Å². The van der Waals surface area contributed by atoms with Crippen molar-refractivity contribution < 1.29 is 19.1 Å². The van der Waals surface area contributed by atoms with Gasteiger partial charge in [0.25, 0.3) is 0 Å². The summed E-state index contributed by atoms with van der Waals surface area (Å²) in [6.45, 7) is 4.68. The lowest BCUT2D eigenvalue weighted by atomic mass is 10.2. The number of hydrogen-bond donors (Lipinski definition) is 2. The van der Waals surface area contributed by atoms with E-state index >= 15 is 0 Å². The van der Waals surface area contributed by atoms with Crippen LogP contribution in [-0.4, -0.2) is 35.0 Å². The molecular formula is C11H16N2O4. The third-order valence-electron chi connectivity index (χ3n) is 2.37. The van der Waals surface area contributed by atoms with Crippen molar-refractivity contribution in [2.24, 2.45) is 5.73 Å². The first kappa shape index (κ1) is 13.2. The molecule has 94 valence electrons. The standard InChI is InChI=1S/C11H16N2O4/c1-3-13(6-9(12)14)5-8-4-7(2)10(17-8)11(15)16/h4H,3,5-6H2,1-2H3,(H2,12,14)(H,15,16). The number of rotatable bonds is 6. The minimum Gasteiger partial charge on any atom is -0.475 e. The highest BCUT2D eigenvalue weighted by molar-refractivity contribution is 5.86. The van der Waals surface area contributed by atoms with Gasteiger partial charge in [0.2, 0.25) is 11.7 Å². The Balaban J connectivity index is 2.76. The van der Waals surface area contributed by atoms with E-state index in [-0.39, 0.29) is 12.3 Å². The number of nitrogens with two attached hydrogens (primary N) is 1. The van der Waals surface area contributed by atoms with Crippen molar-refractivity contribution in [3.63, 3.8) is 0 Å². The second-order valence-electron chi connectivity index (χ2n) is 3.80. The number of carbonyl (C=O) groups excluding carboxylic acids is 1. The van der Waals surface area contributed by atoms with Gasteiger partial charge in [0, 0.05) is 5.56 Å². The van der Waals surface area contributed by atoms with E-state index in [1.165, 1.54) is 0 Å². The van der Waals surface area contributed by atoms with Crippen LogP contribution in [0.3, 0.4) is 0 Å². The van der Waals surface area contributed by atoms with Crippen molar-refractivity contribution in [3.8, 4) is 0 Å². The first-order valence-electron chi connectivity index (χ1n) is 5.27. The summed E-state index contributed by atoms with van der Waals surface area (Å²) >= 11 is 0. The van der Waals surface area contributed by atoms with Gasteiger partial charge in [-0.1, -0.05) is 6.92 Å². The maximum absolute atomic E-state index is 10.8. The number of furan rings is 1. The molecule has 0 radical (unpaired) electrons. The molecule has 0 saturated heterocycles. The average molecular weight is 240 g/mol. The summed E-state index contributed by atoms with van der Waals surface area (Å²) < 4.78 is 5.20. The number of primary amides is 1. The van der Waals surface area contributed by atoms with Crippen molar-refractivity contribution in [1.82, 2.24) is 4.90 Å². The number of aryl methyl sites for hydroxylation is 1. The van der Waals surface area contributed by atoms with Gasteiger partial charge in [-0.05, 0) is 19.5 Å². The van der Waals surface area contributed by atoms with Crippen LogP contribution < -0.4 is 5.73 Å². The molecule has 1 aromatic heterocycles. The van der Waals surface area contributed by atoms with Crippen LogP contribution in [0.5, 0.6) is 0 Å². The molecule has 0 spiro atoms. The van der Waals surface area contributed by atoms with E-state index in [9.17, 15) is 9.59 Å². The van der Waals surface area contributed by atoms with E-state index in [1.807, 2.05) is 6.92 Å². The second kappa shape index (κ2) is 5.49. The highest BCUT2D eigenvalue weighted by Crippen LogP contribution is 2.16. The van der Waals surface area contributed by atoms with E-state index < -0.39 is 11.9 Å². The van der Waals surface area contributed by atoms with Gasteiger partial charge in [-0.3, -0.25) is 9.69 Å². The molecule has 0 unspecified atom stereocenters. The number of likely N-dealkylation sites (N-methyl/N-ethyl adjacent to an activating group) is 1. The van der Waals surface area contributed by atoms with Gasteiger partial charge in [0.15, 0.2) is 0 Å². The molecule has 1 amide bonds. The molecule has 6 heteroatoms. The van der Waals surface area contributed by atoms with Crippen LogP contribution >= 0.6 is 0 Å². The lowest BCUT2D eigenvalue weighted by Crippen LogP contribution is -2.33. The first-order chi connectivity index (χ1) is 7.93. The van der Waals surface area contributed by atoms with E-state index in [4.69, 9.17) is 15.3 Å².